The highest BCUT2D eigenvalue weighted by Gasteiger charge is 2.32. The predicted octanol–water partition coefficient (Wildman–Crippen LogP) is 7.32. The Hall–Kier alpha value is -4.30. The van der Waals surface area contributed by atoms with Gasteiger partial charge in [0.2, 0.25) is 22.7 Å². The smallest absolute Gasteiger partial charge is 0.318 e. The van der Waals surface area contributed by atoms with Crippen molar-refractivity contribution in [1.29, 1.82) is 0 Å². The van der Waals surface area contributed by atoms with Crippen molar-refractivity contribution in [1.82, 2.24) is 28.2 Å². The van der Waals surface area contributed by atoms with Crippen LogP contribution in [0.4, 0.5) is 0 Å². The highest BCUT2D eigenvalue weighted by molar-refractivity contribution is 8.76. The van der Waals surface area contributed by atoms with Crippen molar-refractivity contribution in [3.8, 4) is 23.0 Å². The molecular formula is C46H64N8O4S2+2. The van der Waals surface area contributed by atoms with Gasteiger partial charge >= 0.3 is 33.9 Å². The van der Waals surface area contributed by atoms with E-state index < -0.39 is 11.4 Å². The van der Waals surface area contributed by atoms with E-state index in [1.54, 1.807) is 0 Å². The first-order chi connectivity index (χ1) is 28.9. The van der Waals surface area contributed by atoms with E-state index in [0.717, 1.165) is 96.1 Å². The Bertz CT molecular complexity index is 2480. The summed E-state index contributed by atoms with van der Waals surface area (Å²) >= 11 is 0. The molecule has 0 fully saturated rings. The van der Waals surface area contributed by atoms with Crippen molar-refractivity contribution < 1.29 is 9.13 Å². The van der Waals surface area contributed by atoms with Gasteiger partial charge in [-0.15, -0.1) is 0 Å². The first-order valence-electron chi connectivity index (χ1n) is 22.0. The lowest BCUT2D eigenvalue weighted by molar-refractivity contribution is -0.658. The fraction of sp³-hybridized carbons (Fsp3) is 0.565. The molecular weight excluding hydrogens is 793 g/mol. The van der Waals surface area contributed by atoms with Gasteiger partial charge in [0.15, 0.2) is 0 Å². The van der Waals surface area contributed by atoms with E-state index in [4.69, 9.17) is 0 Å². The van der Waals surface area contributed by atoms with Crippen LogP contribution >= 0.6 is 21.6 Å². The fourth-order valence-corrected chi connectivity index (χ4v) is 10.7. The summed E-state index contributed by atoms with van der Waals surface area (Å²) in [5, 5.41) is 0. The van der Waals surface area contributed by atoms with E-state index in [1.165, 1.54) is 45.9 Å². The molecule has 0 bridgehead atoms. The number of hydrogen-bond donors (Lipinski definition) is 0. The monoisotopic (exact) mass is 856 g/mol. The SMILES string of the molecule is CC[n+]1c2c(=O)n(CCCCCCCCSSCCCCCCCCn3c(=O)nc4n(C)c5cc(C)c(C)cc5[n+](CC)c-4c3=O)c(=O)nc-2n(C)c2cc(C)c(C)cc21. The molecule has 2 aromatic rings. The second-order valence-corrected chi connectivity index (χ2v) is 19.1. The van der Waals surface area contributed by atoms with Crippen LogP contribution in [0.5, 0.6) is 0 Å². The molecule has 4 aliphatic rings. The summed E-state index contributed by atoms with van der Waals surface area (Å²) in [6, 6.07) is 8.45. The zero-order valence-corrected chi connectivity index (χ0v) is 38.7. The standard InChI is InChI=1S/C46H64N8O4S2/c1-9-51-37-29-33(5)31(3)27-35(37)49(7)41-39(51)43(55)53(45(57)47-41)23-19-15-11-13-17-21-25-59-60-26-22-18-14-12-16-20-24-54-44(56)40-42(48-46(54)58)50(8)36-28-32(4)34(6)30-38(36)52(40)10-2/h27-30H,9-26H2,1-8H3/q+2. The number of aryl methyl sites for hydroxylation is 8. The molecule has 0 amide bonds. The summed E-state index contributed by atoms with van der Waals surface area (Å²) in [7, 11) is 7.70. The zero-order chi connectivity index (χ0) is 43.1. The number of hydrogen-bond acceptors (Lipinski definition) is 8. The average molecular weight is 857 g/mol. The number of aromatic nitrogens is 8. The Morgan fingerprint density at radius 1 is 0.500 bits per heavy atom. The normalized spacial score (nSPS) is 11.9. The minimum atomic E-state index is -0.466. The van der Waals surface area contributed by atoms with Gasteiger partial charge in [-0.2, -0.15) is 19.1 Å². The summed E-state index contributed by atoms with van der Waals surface area (Å²) < 4.78 is 10.4. The van der Waals surface area contributed by atoms with E-state index in [0.29, 0.717) is 49.2 Å². The minimum Gasteiger partial charge on any atom is -0.318 e. The lowest BCUT2D eigenvalue weighted by atomic mass is 10.1. The Morgan fingerprint density at radius 3 is 1.20 bits per heavy atom. The molecule has 14 heteroatoms. The number of fused-ring (bicyclic) bond motifs is 4. The van der Waals surface area contributed by atoms with E-state index in [2.05, 4.69) is 61.9 Å². The Balaban J connectivity index is 0.838. The third-order valence-corrected chi connectivity index (χ3v) is 14.9. The molecule has 0 radical (unpaired) electrons. The molecule has 4 aliphatic heterocycles. The molecule has 12 nitrogen and oxygen atoms in total. The van der Waals surface area contributed by atoms with E-state index in [-0.39, 0.29) is 11.1 Å². The van der Waals surface area contributed by atoms with Crippen LogP contribution in [0.25, 0.3) is 45.1 Å². The molecule has 0 atom stereocenters. The Morgan fingerprint density at radius 2 is 0.833 bits per heavy atom. The lowest BCUT2D eigenvalue weighted by Gasteiger charge is -2.15. The number of nitrogens with zero attached hydrogens (tertiary/aromatic N) is 8. The van der Waals surface area contributed by atoms with Crippen LogP contribution in [0.15, 0.2) is 43.4 Å². The predicted molar refractivity (Wildman–Crippen MR) is 247 cm³/mol. The van der Waals surface area contributed by atoms with Crippen LogP contribution in [0.1, 0.15) is 113 Å². The van der Waals surface area contributed by atoms with Gasteiger partial charge in [0, 0.05) is 50.8 Å². The van der Waals surface area contributed by atoms with Gasteiger partial charge in [-0.1, -0.05) is 73.0 Å². The van der Waals surface area contributed by atoms with Crippen molar-refractivity contribution in [3.05, 3.63) is 88.2 Å². The average Bonchev–Trinajstić information content (AvgIpc) is 3.22. The maximum Gasteiger partial charge on any atom is 0.352 e. The first kappa shape index (κ1) is 45.2. The Labute approximate surface area is 361 Å². The largest absolute Gasteiger partial charge is 0.352 e. The molecule has 0 aliphatic carbocycles. The number of benzene rings is 2. The van der Waals surface area contributed by atoms with Gasteiger partial charge in [0.1, 0.15) is 24.1 Å². The van der Waals surface area contributed by atoms with Crippen molar-refractivity contribution in [2.24, 2.45) is 14.1 Å². The molecule has 0 aromatic heterocycles. The second-order valence-electron chi connectivity index (χ2n) is 16.4. The topological polar surface area (TPSA) is 122 Å². The quantitative estimate of drug-likeness (QED) is 0.0320. The van der Waals surface area contributed by atoms with Crippen molar-refractivity contribution in [2.45, 2.75) is 145 Å². The highest BCUT2D eigenvalue weighted by atomic mass is 33.1. The van der Waals surface area contributed by atoms with Gasteiger partial charge in [0.05, 0.1) is 0 Å². The van der Waals surface area contributed by atoms with Gasteiger partial charge in [-0.05, 0) is 102 Å². The van der Waals surface area contributed by atoms with Gasteiger partial charge < -0.3 is 9.13 Å². The fourth-order valence-electron chi connectivity index (χ4n) is 8.42. The summed E-state index contributed by atoms with van der Waals surface area (Å²) in [5.41, 5.74) is 8.08. The zero-order valence-electron chi connectivity index (χ0n) is 37.1. The van der Waals surface area contributed by atoms with Crippen molar-refractivity contribution in [2.75, 3.05) is 11.5 Å². The van der Waals surface area contributed by atoms with Crippen LogP contribution in [0.2, 0.25) is 0 Å². The van der Waals surface area contributed by atoms with Gasteiger partial charge in [0.25, 0.3) is 0 Å². The molecule has 0 unspecified atom stereocenters. The molecule has 4 heterocycles. The molecule has 0 saturated carbocycles. The molecule has 6 rings (SSSR count). The maximum absolute atomic E-state index is 13.7. The van der Waals surface area contributed by atoms with E-state index in [1.807, 2.05) is 67.8 Å². The molecule has 0 N–H and O–H groups in total. The summed E-state index contributed by atoms with van der Waals surface area (Å²) in [4.78, 5) is 62.3. The molecule has 60 heavy (non-hydrogen) atoms. The van der Waals surface area contributed by atoms with E-state index >= 15 is 0 Å². The highest BCUT2D eigenvalue weighted by Crippen LogP contribution is 2.26. The van der Waals surface area contributed by atoms with Gasteiger partial charge in [-0.3, -0.25) is 18.7 Å². The second kappa shape index (κ2) is 20.5. The minimum absolute atomic E-state index is 0.250. The molecule has 0 saturated heterocycles. The van der Waals surface area contributed by atoms with Crippen LogP contribution in [-0.2, 0) is 40.3 Å². The van der Waals surface area contributed by atoms with E-state index in [9.17, 15) is 19.2 Å². The molecule has 0 spiro atoms. The van der Waals surface area contributed by atoms with Crippen LogP contribution in [-0.4, -0.2) is 39.7 Å². The van der Waals surface area contributed by atoms with Crippen LogP contribution in [0.3, 0.4) is 0 Å². The number of rotatable bonds is 21. The lowest BCUT2D eigenvalue weighted by Crippen LogP contribution is -2.49. The third-order valence-electron chi connectivity index (χ3n) is 12.3. The van der Waals surface area contributed by atoms with Crippen molar-refractivity contribution >= 4 is 43.7 Å². The van der Waals surface area contributed by atoms with Crippen LogP contribution < -0.4 is 31.6 Å². The Kier molecular flexibility index (Phi) is 15.5. The summed E-state index contributed by atoms with van der Waals surface area (Å²) in [6.07, 6.45) is 12.8. The third kappa shape index (κ3) is 9.59. The summed E-state index contributed by atoms with van der Waals surface area (Å²) in [5.74, 6) is 3.19. The number of unbranched alkanes of at least 4 members (excludes halogenated alkanes) is 10. The molecule has 322 valence electrons. The first-order valence-corrected chi connectivity index (χ1v) is 24.5. The van der Waals surface area contributed by atoms with Crippen LogP contribution in [0, 0.1) is 27.7 Å². The maximum atomic E-state index is 13.7. The van der Waals surface area contributed by atoms with Gasteiger partial charge in [-0.25, -0.2) is 9.59 Å². The molecule has 2 aromatic carbocycles. The van der Waals surface area contributed by atoms with Crippen molar-refractivity contribution in [3.63, 3.8) is 0 Å². The summed E-state index contributed by atoms with van der Waals surface area (Å²) in [6.45, 7) is 14.4.